The predicted octanol–water partition coefficient (Wildman–Crippen LogP) is 0.645. The number of anilines is 1. The lowest BCUT2D eigenvalue weighted by Gasteiger charge is -2.22. The zero-order chi connectivity index (χ0) is 13.8. The number of hydrogen-bond acceptors (Lipinski definition) is 4. The molecular weight excluding hydrogens is 234 g/mol. The van der Waals surface area contributed by atoms with Gasteiger partial charge in [0.1, 0.15) is 0 Å². The van der Waals surface area contributed by atoms with Crippen molar-refractivity contribution in [3.8, 4) is 0 Å². The van der Waals surface area contributed by atoms with Gasteiger partial charge in [0.25, 0.3) is 0 Å². The molecule has 6 nitrogen and oxygen atoms in total. The lowest BCUT2D eigenvalue weighted by atomic mass is 10.1. The highest BCUT2D eigenvalue weighted by atomic mass is 16.4. The van der Waals surface area contributed by atoms with Crippen LogP contribution in [0, 0.1) is 0 Å². The SMILES string of the molecule is CNC(C)(C)C(=O)Nc1ccc(CC(=O)O)nc1. The Labute approximate surface area is 105 Å². The van der Waals surface area contributed by atoms with Crippen molar-refractivity contribution in [1.82, 2.24) is 10.3 Å². The van der Waals surface area contributed by atoms with E-state index in [1.54, 1.807) is 33.0 Å². The van der Waals surface area contributed by atoms with Crippen LogP contribution in [0.5, 0.6) is 0 Å². The van der Waals surface area contributed by atoms with Crippen LogP contribution in [0.15, 0.2) is 18.3 Å². The molecule has 98 valence electrons. The van der Waals surface area contributed by atoms with Gasteiger partial charge in [0.05, 0.1) is 29.5 Å². The fourth-order valence-corrected chi connectivity index (χ4v) is 1.16. The van der Waals surface area contributed by atoms with Crippen LogP contribution in [0.4, 0.5) is 5.69 Å². The number of carbonyl (C=O) groups is 2. The van der Waals surface area contributed by atoms with Crippen LogP contribution in [0.25, 0.3) is 0 Å². The van der Waals surface area contributed by atoms with Gasteiger partial charge in [-0.1, -0.05) is 0 Å². The second-order valence-electron chi connectivity index (χ2n) is 4.44. The average Bonchev–Trinajstić information content (AvgIpc) is 2.31. The number of aliphatic carboxylic acids is 1. The Kier molecular flexibility index (Phi) is 4.38. The molecular formula is C12H17N3O3. The first kappa shape index (κ1) is 14.1. The van der Waals surface area contributed by atoms with Crippen molar-refractivity contribution in [3.05, 3.63) is 24.0 Å². The van der Waals surface area contributed by atoms with Gasteiger partial charge in [0.15, 0.2) is 0 Å². The van der Waals surface area contributed by atoms with Crippen LogP contribution in [0.3, 0.4) is 0 Å². The molecule has 0 unspecified atom stereocenters. The molecule has 1 rings (SSSR count). The summed E-state index contributed by atoms with van der Waals surface area (Å²) in [6.45, 7) is 3.52. The van der Waals surface area contributed by atoms with Gasteiger partial charge in [-0.05, 0) is 33.0 Å². The van der Waals surface area contributed by atoms with Crippen LogP contribution in [-0.4, -0.2) is 34.6 Å². The van der Waals surface area contributed by atoms with Crippen LogP contribution in [-0.2, 0) is 16.0 Å². The maximum atomic E-state index is 11.8. The molecule has 1 aromatic rings. The van der Waals surface area contributed by atoms with Crippen LogP contribution < -0.4 is 10.6 Å². The fourth-order valence-electron chi connectivity index (χ4n) is 1.16. The lowest BCUT2D eigenvalue weighted by molar-refractivity contribution is -0.136. The molecule has 1 aromatic heterocycles. The Morgan fingerprint density at radius 1 is 1.39 bits per heavy atom. The van der Waals surface area contributed by atoms with Gasteiger partial charge in [-0.25, -0.2) is 0 Å². The Hall–Kier alpha value is -1.95. The number of carboxylic acid groups (broad SMARTS) is 1. The summed E-state index contributed by atoms with van der Waals surface area (Å²) >= 11 is 0. The number of carboxylic acids is 1. The van der Waals surface area contributed by atoms with E-state index < -0.39 is 11.5 Å². The molecule has 0 radical (unpaired) electrons. The summed E-state index contributed by atoms with van der Waals surface area (Å²) < 4.78 is 0. The molecule has 0 aliphatic carbocycles. The predicted molar refractivity (Wildman–Crippen MR) is 67.3 cm³/mol. The minimum atomic E-state index is -0.935. The van der Waals surface area contributed by atoms with Crippen molar-refractivity contribution < 1.29 is 14.7 Å². The van der Waals surface area contributed by atoms with Crippen LogP contribution in [0.1, 0.15) is 19.5 Å². The van der Waals surface area contributed by atoms with E-state index in [0.717, 1.165) is 0 Å². The standard InChI is InChI=1S/C12H17N3O3/c1-12(2,13-3)11(18)15-9-5-4-8(14-7-9)6-10(16)17/h4-5,7,13H,6H2,1-3H3,(H,15,18)(H,16,17). The molecule has 1 heterocycles. The summed E-state index contributed by atoms with van der Waals surface area (Å²) in [6, 6.07) is 3.21. The van der Waals surface area contributed by atoms with Gasteiger partial charge in [-0.15, -0.1) is 0 Å². The monoisotopic (exact) mass is 251 g/mol. The molecule has 0 aliphatic rings. The number of hydrogen-bond donors (Lipinski definition) is 3. The molecule has 3 N–H and O–H groups in total. The summed E-state index contributed by atoms with van der Waals surface area (Å²) in [7, 11) is 1.70. The largest absolute Gasteiger partial charge is 0.481 e. The first-order valence-electron chi connectivity index (χ1n) is 5.52. The van der Waals surface area contributed by atoms with E-state index in [1.807, 2.05) is 0 Å². The van der Waals surface area contributed by atoms with E-state index >= 15 is 0 Å². The Morgan fingerprint density at radius 3 is 2.50 bits per heavy atom. The van der Waals surface area contributed by atoms with Crippen molar-refractivity contribution in [3.63, 3.8) is 0 Å². The number of aromatic nitrogens is 1. The third kappa shape index (κ3) is 3.81. The number of amides is 1. The van der Waals surface area contributed by atoms with Gasteiger partial charge in [0, 0.05) is 0 Å². The maximum absolute atomic E-state index is 11.8. The average molecular weight is 251 g/mol. The van der Waals surface area contributed by atoms with Gasteiger partial charge in [0.2, 0.25) is 5.91 Å². The first-order chi connectivity index (χ1) is 8.35. The number of carbonyl (C=O) groups excluding carboxylic acids is 1. The van der Waals surface area contributed by atoms with Gasteiger partial charge < -0.3 is 15.7 Å². The summed E-state index contributed by atoms with van der Waals surface area (Å²) in [5, 5.41) is 14.2. The first-order valence-corrected chi connectivity index (χ1v) is 5.52. The second-order valence-corrected chi connectivity index (χ2v) is 4.44. The summed E-state index contributed by atoms with van der Waals surface area (Å²) in [6.07, 6.45) is 1.32. The van der Waals surface area contributed by atoms with Crippen molar-refractivity contribution in [2.75, 3.05) is 12.4 Å². The molecule has 6 heteroatoms. The molecule has 1 amide bonds. The smallest absolute Gasteiger partial charge is 0.309 e. The molecule has 0 aromatic carbocycles. The second kappa shape index (κ2) is 5.59. The third-order valence-electron chi connectivity index (χ3n) is 2.61. The molecule has 0 bridgehead atoms. The normalized spacial score (nSPS) is 11.1. The van der Waals surface area contributed by atoms with Crippen LogP contribution in [0.2, 0.25) is 0 Å². The zero-order valence-corrected chi connectivity index (χ0v) is 10.7. The maximum Gasteiger partial charge on any atom is 0.309 e. The highest BCUT2D eigenvalue weighted by molar-refractivity contribution is 5.97. The van der Waals surface area contributed by atoms with E-state index in [1.165, 1.54) is 6.20 Å². The van der Waals surface area contributed by atoms with E-state index in [9.17, 15) is 9.59 Å². The van der Waals surface area contributed by atoms with Crippen molar-refractivity contribution in [1.29, 1.82) is 0 Å². The summed E-state index contributed by atoms with van der Waals surface area (Å²) in [4.78, 5) is 26.3. The molecule has 0 spiro atoms. The zero-order valence-electron chi connectivity index (χ0n) is 10.7. The van der Waals surface area contributed by atoms with E-state index in [2.05, 4.69) is 15.6 Å². The Bertz CT molecular complexity index is 440. The molecule has 0 saturated heterocycles. The highest BCUT2D eigenvalue weighted by Crippen LogP contribution is 2.10. The van der Waals surface area contributed by atoms with Crippen molar-refractivity contribution in [2.24, 2.45) is 0 Å². The van der Waals surface area contributed by atoms with Crippen molar-refractivity contribution in [2.45, 2.75) is 25.8 Å². The van der Waals surface area contributed by atoms with Crippen molar-refractivity contribution >= 4 is 17.6 Å². The number of nitrogens with zero attached hydrogens (tertiary/aromatic N) is 1. The third-order valence-corrected chi connectivity index (χ3v) is 2.61. The molecule has 18 heavy (non-hydrogen) atoms. The molecule has 0 aliphatic heterocycles. The summed E-state index contributed by atoms with van der Waals surface area (Å²) in [5.74, 6) is -1.12. The minimum absolute atomic E-state index is 0.129. The minimum Gasteiger partial charge on any atom is -0.481 e. The molecule has 0 atom stereocenters. The van der Waals surface area contributed by atoms with Gasteiger partial charge in [-0.2, -0.15) is 0 Å². The van der Waals surface area contributed by atoms with E-state index in [4.69, 9.17) is 5.11 Å². The number of rotatable bonds is 5. The van der Waals surface area contributed by atoms with E-state index in [-0.39, 0.29) is 12.3 Å². The fraction of sp³-hybridized carbons (Fsp3) is 0.417. The van der Waals surface area contributed by atoms with Gasteiger partial charge >= 0.3 is 5.97 Å². The number of nitrogens with one attached hydrogen (secondary N) is 2. The van der Waals surface area contributed by atoms with Gasteiger partial charge in [-0.3, -0.25) is 14.6 Å². The lowest BCUT2D eigenvalue weighted by Crippen LogP contribution is -2.47. The topological polar surface area (TPSA) is 91.3 Å². The molecule has 0 fully saturated rings. The Morgan fingerprint density at radius 2 is 2.06 bits per heavy atom. The summed E-state index contributed by atoms with van der Waals surface area (Å²) in [5.41, 5.74) is 0.311. The number of likely N-dealkylation sites (N-methyl/N-ethyl adjacent to an activating group) is 1. The quantitative estimate of drug-likeness (QED) is 0.714. The highest BCUT2D eigenvalue weighted by Gasteiger charge is 2.25. The molecule has 0 saturated carbocycles. The number of pyridine rings is 1. The van der Waals surface area contributed by atoms with Crippen LogP contribution >= 0.6 is 0 Å². The Balaban J connectivity index is 2.69. The van der Waals surface area contributed by atoms with E-state index in [0.29, 0.717) is 11.4 Å².